The van der Waals surface area contributed by atoms with E-state index in [-0.39, 0.29) is 23.4 Å². The lowest BCUT2D eigenvalue weighted by Crippen LogP contribution is -2.53. The molecule has 1 heterocycles. The smallest absolute Gasteiger partial charge is 0.243 e. The predicted molar refractivity (Wildman–Crippen MR) is 127 cm³/mol. The molecule has 2 amide bonds. The molecular formula is C24H33N3O6S. The minimum absolute atomic E-state index is 0.0146. The number of nitrogens with zero attached hydrogens (tertiary/aromatic N) is 1. The van der Waals surface area contributed by atoms with E-state index in [0.717, 1.165) is 25.7 Å². The summed E-state index contributed by atoms with van der Waals surface area (Å²) < 4.78 is 38.2. The van der Waals surface area contributed by atoms with Gasteiger partial charge in [0.25, 0.3) is 0 Å². The lowest BCUT2D eigenvalue weighted by atomic mass is 9.95. The zero-order valence-corrected chi connectivity index (χ0v) is 20.5. The number of methoxy groups -OCH3 is 1. The molecule has 1 fully saturated rings. The molecule has 0 spiro atoms. The van der Waals surface area contributed by atoms with Crippen molar-refractivity contribution >= 4 is 21.8 Å². The molecule has 0 saturated heterocycles. The van der Waals surface area contributed by atoms with E-state index < -0.39 is 28.5 Å². The Kier molecular flexibility index (Phi) is 9.12. The highest BCUT2D eigenvalue weighted by Gasteiger charge is 2.31. The maximum Gasteiger partial charge on any atom is 0.243 e. The van der Waals surface area contributed by atoms with Crippen molar-refractivity contribution < 1.29 is 27.2 Å². The van der Waals surface area contributed by atoms with Gasteiger partial charge in [-0.2, -0.15) is 0 Å². The van der Waals surface area contributed by atoms with E-state index in [1.54, 1.807) is 12.1 Å². The SMILES string of the molecule is CCC(C(=O)NC1CCCCC1)N(Cc1ccco1)C(=O)CNS(=O)(=O)c1ccc(OC)cc1. The highest BCUT2D eigenvalue weighted by molar-refractivity contribution is 7.89. The number of nitrogens with one attached hydrogen (secondary N) is 2. The Hall–Kier alpha value is -2.85. The molecule has 1 aromatic carbocycles. The molecule has 9 nitrogen and oxygen atoms in total. The molecule has 2 aromatic rings. The van der Waals surface area contributed by atoms with Gasteiger partial charge in [0.2, 0.25) is 21.8 Å². The molecule has 34 heavy (non-hydrogen) atoms. The Morgan fingerprint density at radius 1 is 1.15 bits per heavy atom. The van der Waals surface area contributed by atoms with E-state index in [0.29, 0.717) is 17.9 Å². The van der Waals surface area contributed by atoms with E-state index in [1.165, 1.54) is 49.0 Å². The van der Waals surface area contributed by atoms with Crippen LogP contribution in [-0.2, 0) is 26.2 Å². The molecule has 1 aliphatic carbocycles. The second-order valence-corrected chi connectivity index (χ2v) is 10.1. The number of hydrogen-bond acceptors (Lipinski definition) is 6. The van der Waals surface area contributed by atoms with E-state index in [9.17, 15) is 18.0 Å². The van der Waals surface area contributed by atoms with Crippen molar-refractivity contribution in [2.75, 3.05) is 13.7 Å². The summed E-state index contributed by atoms with van der Waals surface area (Å²) >= 11 is 0. The number of benzene rings is 1. The lowest BCUT2D eigenvalue weighted by Gasteiger charge is -2.32. The summed E-state index contributed by atoms with van der Waals surface area (Å²) in [5, 5.41) is 3.08. The quantitative estimate of drug-likeness (QED) is 0.499. The van der Waals surface area contributed by atoms with Gasteiger partial charge in [0.15, 0.2) is 0 Å². The normalized spacial score (nSPS) is 15.5. The van der Waals surface area contributed by atoms with Crippen LogP contribution in [0.15, 0.2) is 52.0 Å². The summed E-state index contributed by atoms with van der Waals surface area (Å²) in [4.78, 5) is 27.7. The van der Waals surface area contributed by atoms with Crippen LogP contribution in [-0.4, -0.2) is 50.9 Å². The fourth-order valence-electron chi connectivity index (χ4n) is 4.13. The number of hydrogen-bond donors (Lipinski definition) is 2. The van der Waals surface area contributed by atoms with Crippen molar-refractivity contribution in [3.05, 3.63) is 48.4 Å². The number of sulfonamides is 1. The van der Waals surface area contributed by atoms with Gasteiger partial charge in [0.1, 0.15) is 17.6 Å². The van der Waals surface area contributed by atoms with Crippen LogP contribution in [0.3, 0.4) is 0 Å². The molecule has 3 rings (SSSR count). The van der Waals surface area contributed by atoms with Crippen molar-refractivity contribution in [1.82, 2.24) is 14.9 Å². The first kappa shape index (κ1) is 25.8. The summed E-state index contributed by atoms with van der Waals surface area (Å²) in [6.45, 7) is 1.41. The Bertz CT molecular complexity index is 1030. The van der Waals surface area contributed by atoms with Gasteiger partial charge in [0.05, 0.1) is 31.4 Å². The van der Waals surface area contributed by atoms with Gasteiger partial charge in [-0.15, -0.1) is 0 Å². The second kappa shape index (κ2) is 12.0. The minimum Gasteiger partial charge on any atom is -0.497 e. The molecule has 1 saturated carbocycles. The molecule has 186 valence electrons. The number of furan rings is 1. The van der Waals surface area contributed by atoms with Crippen LogP contribution < -0.4 is 14.8 Å². The number of ether oxygens (including phenoxy) is 1. The Labute approximate surface area is 200 Å². The van der Waals surface area contributed by atoms with Crippen LogP contribution in [0.2, 0.25) is 0 Å². The van der Waals surface area contributed by atoms with Crippen molar-refractivity contribution in [3.8, 4) is 5.75 Å². The van der Waals surface area contributed by atoms with Crippen LogP contribution in [0.5, 0.6) is 5.75 Å². The molecular weight excluding hydrogens is 458 g/mol. The van der Waals surface area contributed by atoms with E-state index in [4.69, 9.17) is 9.15 Å². The van der Waals surface area contributed by atoms with Crippen molar-refractivity contribution in [1.29, 1.82) is 0 Å². The first-order chi connectivity index (χ1) is 16.3. The summed E-state index contributed by atoms with van der Waals surface area (Å²) in [7, 11) is -2.44. The van der Waals surface area contributed by atoms with Crippen LogP contribution in [0.1, 0.15) is 51.2 Å². The zero-order valence-electron chi connectivity index (χ0n) is 19.7. The maximum absolute atomic E-state index is 13.2. The first-order valence-corrected chi connectivity index (χ1v) is 13.1. The third kappa shape index (κ3) is 6.83. The molecule has 2 N–H and O–H groups in total. The maximum atomic E-state index is 13.2. The summed E-state index contributed by atoms with van der Waals surface area (Å²) in [6, 6.07) is 8.64. The number of rotatable bonds is 11. The molecule has 1 atom stereocenters. The lowest BCUT2D eigenvalue weighted by molar-refractivity contribution is -0.141. The minimum atomic E-state index is -3.93. The Morgan fingerprint density at radius 3 is 2.44 bits per heavy atom. The van der Waals surface area contributed by atoms with Crippen LogP contribution in [0.4, 0.5) is 0 Å². The van der Waals surface area contributed by atoms with Gasteiger partial charge >= 0.3 is 0 Å². The van der Waals surface area contributed by atoms with Gasteiger partial charge in [0, 0.05) is 6.04 Å². The molecule has 0 aliphatic heterocycles. The van der Waals surface area contributed by atoms with Crippen molar-refractivity contribution in [3.63, 3.8) is 0 Å². The van der Waals surface area contributed by atoms with Gasteiger partial charge in [-0.1, -0.05) is 26.2 Å². The van der Waals surface area contributed by atoms with E-state index in [1.807, 2.05) is 6.92 Å². The number of amides is 2. The molecule has 1 unspecified atom stereocenters. The molecule has 10 heteroatoms. The Morgan fingerprint density at radius 2 is 1.85 bits per heavy atom. The van der Waals surface area contributed by atoms with Gasteiger partial charge in [-0.25, -0.2) is 13.1 Å². The average Bonchev–Trinajstić information content (AvgIpc) is 3.36. The second-order valence-electron chi connectivity index (χ2n) is 8.37. The first-order valence-electron chi connectivity index (χ1n) is 11.6. The molecule has 1 aromatic heterocycles. The highest BCUT2D eigenvalue weighted by atomic mass is 32.2. The zero-order chi connectivity index (χ0) is 24.6. The van der Waals surface area contributed by atoms with Gasteiger partial charge in [-0.05, 0) is 55.7 Å². The molecule has 0 radical (unpaired) electrons. The third-order valence-corrected chi connectivity index (χ3v) is 7.44. The largest absolute Gasteiger partial charge is 0.497 e. The predicted octanol–water partition coefficient (Wildman–Crippen LogP) is 2.82. The average molecular weight is 492 g/mol. The summed E-state index contributed by atoms with van der Waals surface area (Å²) in [5.41, 5.74) is 0. The van der Waals surface area contributed by atoms with E-state index >= 15 is 0 Å². The fraction of sp³-hybridized carbons (Fsp3) is 0.500. The molecule has 1 aliphatic rings. The fourth-order valence-corrected chi connectivity index (χ4v) is 5.11. The van der Waals surface area contributed by atoms with Crippen molar-refractivity contribution in [2.45, 2.75) is 69.0 Å². The van der Waals surface area contributed by atoms with Crippen molar-refractivity contribution in [2.24, 2.45) is 0 Å². The summed E-state index contributed by atoms with van der Waals surface area (Å²) in [5.74, 6) is 0.288. The highest BCUT2D eigenvalue weighted by Crippen LogP contribution is 2.19. The topological polar surface area (TPSA) is 118 Å². The summed E-state index contributed by atoms with van der Waals surface area (Å²) in [6.07, 6.45) is 7.05. The van der Waals surface area contributed by atoms with Crippen LogP contribution in [0.25, 0.3) is 0 Å². The third-order valence-electron chi connectivity index (χ3n) is 6.03. The van der Waals surface area contributed by atoms with Gasteiger partial charge < -0.3 is 19.4 Å². The van der Waals surface area contributed by atoms with Crippen LogP contribution >= 0.6 is 0 Å². The molecule has 0 bridgehead atoms. The number of carbonyl (C=O) groups excluding carboxylic acids is 2. The van der Waals surface area contributed by atoms with E-state index in [2.05, 4.69) is 10.0 Å². The number of carbonyl (C=O) groups is 2. The van der Waals surface area contributed by atoms with Crippen LogP contribution in [0, 0.1) is 0 Å². The monoisotopic (exact) mass is 491 g/mol. The standard InChI is InChI=1S/C24H33N3O6S/c1-3-22(24(29)26-18-8-5-4-6-9-18)27(17-20-10-7-15-33-20)23(28)16-25-34(30,31)21-13-11-19(32-2)12-14-21/h7,10-15,18,22,25H,3-6,8-9,16-17H2,1-2H3,(H,26,29). The van der Waals surface area contributed by atoms with Gasteiger partial charge in [-0.3, -0.25) is 9.59 Å². The Balaban J connectivity index is 1.72.